The molecule has 3 aromatic rings. The average Bonchev–Trinajstić information content (AvgIpc) is 2.79. The number of aromatic nitrogens is 1. The zero-order chi connectivity index (χ0) is 22.5. The highest BCUT2D eigenvalue weighted by Crippen LogP contribution is 2.24. The van der Waals surface area contributed by atoms with Crippen LogP contribution in [-0.4, -0.2) is 65.1 Å². The number of hydrogen-bond acceptors (Lipinski definition) is 5. The molecule has 2 heterocycles. The third-order valence-corrected chi connectivity index (χ3v) is 6.36. The first-order valence-electron chi connectivity index (χ1n) is 10.5. The minimum Gasteiger partial charge on any atom is -0.339 e. The SMILES string of the molecule is Cc1cc(SCC(=O)N2CCN(CC(=O)Nc3ccc(F)cc3)CC2)nc2ccccc12. The van der Waals surface area contributed by atoms with E-state index in [-0.39, 0.29) is 24.2 Å². The van der Waals surface area contributed by atoms with Crippen molar-refractivity contribution >= 4 is 40.2 Å². The van der Waals surface area contributed by atoms with Crippen molar-refractivity contribution < 1.29 is 14.0 Å². The number of nitrogens with one attached hydrogen (secondary N) is 1. The monoisotopic (exact) mass is 452 g/mol. The summed E-state index contributed by atoms with van der Waals surface area (Å²) < 4.78 is 13.0. The van der Waals surface area contributed by atoms with E-state index < -0.39 is 0 Å². The minimum absolute atomic E-state index is 0.0815. The molecule has 1 aliphatic heterocycles. The first kappa shape index (κ1) is 22.2. The average molecular weight is 453 g/mol. The fraction of sp³-hybridized carbons (Fsp3) is 0.292. The van der Waals surface area contributed by atoms with Gasteiger partial charge in [0, 0.05) is 37.3 Å². The summed E-state index contributed by atoms with van der Waals surface area (Å²) >= 11 is 1.46. The van der Waals surface area contributed by atoms with Gasteiger partial charge in [-0.15, -0.1) is 0 Å². The Morgan fingerprint density at radius 2 is 1.78 bits per heavy atom. The predicted octanol–water partition coefficient (Wildman–Crippen LogP) is 3.56. The molecule has 2 amide bonds. The highest BCUT2D eigenvalue weighted by molar-refractivity contribution is 7.99. The number of para-hydroxylation sites is 1. The first-order chi connectivity index (χ1) is 15.5. The summed E-state index contributed by atoms with van der Waals surface area (Å²) in [6.45, 7) is 4.76. The Hall–Kier alpha value is -2.97. The first-order valence-corrected chi connectivity index (χ1v) is 11.5. The van der Waals surface area contributed by atoms with E-state index in [0.717, 1.165) is 21.5 Å². The highest BCUT2D eigenvalue weighted by Gasteiger charge is 2.22. The van der Waals surface area contributed by atoms with Crippen LogP contribution in [0.1, 0.15) is 5.56 Å². The van der Waals surface area contributed by atoms with Gasteiger partial charge < -0.3 is 10.2 Å². The molecule has 166 valence electrons. The van der Waals surface area contributed by atoms with E-state index in [2.05, 4.69) is 23.3 Å². The Balaban J connectivity index is 1.23. The van der Waals surface area contributed by atoms with E-state index >= 15 is 0 Å². The zero-order valence-electron chi connectivity index (χ0n) is 17.9. The van der Waals surface area contributed by atoms with Crippen molar-refractivity contribution in [3.05, 3.63) is 66.0 Å². The summed E-state index contributed by atoms with van der Waals surface area (Å²) in [5, 5.41) is 4.75. The van der Waals surface area contributed by atoms with Gasteiger partial charge in [-0.25, -0.2) is 9.37 Å². The summed E-state index contributed by atoms with van der Waals surface area (Å²) in [5.74, 6) is -0.0632. The third kappa shape index (κ3) is 5.63. The van der Waals surface area contributed by atoms with Gasteiger partial charge in [0.2, 0.25) is 11.8 Å². The van der Waals surface area contributed by atoms with Crippen molar-refractivity contribution in [2.75, 3.05) is 43.8 Å². The molecule has 0 radical (unpaired) electrons. The van der Waals surface area contributed by atoms with Crippen LogP contribution in [-0.2, 0) is 9.59 Å². The molecular formula is C24H25FN4O2S. The number of aryl methyl sites for hydroxylation is 1. The summed E-state index contributed by atoms with van der Waals surface area (Å²) in [7, 11) is 0. The molecule has 1 aromatic heterocycles. The van der Waals surface area contributed by atoms with Gasteiger partial charge in [0.1, 0.15) is 5.82 Å². The quantitative estimate of drug-likeness (QED) is 0.580. The van der Waals surface area contributed by atoms with Crippen LogP contribution >= 0.6 is 11.8 Å². The van der Waals surface area contributed by atoms with Gasteiger partial charge in [-0.2, -0.15) is 0 Å². The van der Waals surface area contributed by atoms with Crippen LogP contribution in [0.15, 0.2) is 59.6 Å². The molecule has 1 N–H and O–H groups in total. The van der Waals surface area contributed by atoms with Crippen LogP contribution in [0.3, 0.4) is 0 Å². The summed E-state index contributed by atoms with van der Waals surface area (Å²) in [5.41, 5.74) is 2.66. The number of pyridine rings is 1. The van der Waals surface area contributed by atoms with Crippen LogP contribution in [0, 0.1) is 12.7 Å². The summed E-state index contributed by atoms with van der Waals surface area (Å²) in [4.78, 5) is 33.4. The van der Waals surface area contributed by atoms with Gasteiger partial charge in [0.15, 0.2) is 0 Å². The Kier molecular flexibility index (Phi) is 7.02. The Morgan fingerprint density at radius 1 is 1.06 bits per heavy atom. The Morgan fingerprint density at radius 3 is 2.53 bits per heavy atom. The van der Waals surface area contributed by atoms with Crippen LogP contribution in [0.25, 0.3) is 10.9 Å². The van der Waals surface area contributed by atoms with Gasteiger partial charge in [0.25, 0.3) is 0 Å². The molecule has 4 rings (SSSR count). The number of carbonyl (C=O) groups excluding carboxylic acids is 2. The molecule has 2 aromatic carbocycles. The molecule has 0 unspecified atom stereocenters. The molecular weight excluding hydrogens is 427 g/mol. The van der Waals surface area contributed by atoms with Crippen LogP contribution in [0.4, 0.5) is 10.1 Å². The number of fused-ring (bicyclic) bond motifs is 1. The minimum atomic E-state index is -0.339. The van der Waals surface area contributed by atoms with Crippen LogP contribution in [0.2, 0.25) is 0 Å². The lowest BCUT2D eigenvalue weighted by Crippen LogP contribution is -2.50. The number of nitrogens with zero attached hydrogens (tertiary/aromatic N) is 3. The number of halogens is 1. The maximum absolute atomic E-state index is 13.0. The van der Waals surface area contributed by atoms with E-state index in [1.807, 2.05) is 34.1 Å². The van der Waals surface area contributed by atoms with Gasteiger partial charge in [-0.3, -0.25) is 14.5 Å². The number of thioether (sulfide) groups is 1. The zero-order valence-corrected chi connectivity index (χ0v) is 18.7. The van der Waals surface area contributed by atoms with Gasteiger partial charge in [-0.05, 0) is 48.9 Å². The van der Waals surface area contributed by atoms with Crippen LogP contribution in [0.5, 0.6) is 0 Å². The van der Waals surface area contributed by atoms with Crippen molar-refractivity contribution in [2.24, 2.45) is 0 Å². The summed E-state index contributed by atoms with van der Waals surface area (Å²) in [6, 6.07) is 15.7. The molecule has 0 aliphatic carbocycles. The number of anilines is 1. The maximum Gasteiger partial charge on any atom is 0.238 e. The lowest BCUT2D eigenvalue weighted by atomic mass is 10.1. The van der Waals surface area contributed by atoms with E-state index in [4.69, 9.17) is 0 Å². The standard InChI is InChI=1S/C24H25FN4O2S/c1-17-14-23(27-21-5-3-2-4-20(17)21)32-16-24(31)29-12-10-28(11-13-29)15-22(30)26-19-8-6-18(25)7-9-19/h2-9,14H,10-13,15-16H2,1H3,(H,26,30). The van der Waals surface area contributed by atoms with Gasteiger partial charge >= 0.3 is 0 Å². The van der Waals surface area contributed by atoms with Crippen molar-refractivity contribution in [3.63, 3.8) is 0 Å². The molecule has 0 bridgehead atoms. The van der Waals surface area contributed by atoms with Gasteiger partial charge in [-0.1, -0.05) is 30.0 Å². The lowest BCUT2D eigenvalue weighted by Gasteiger charge is -2.34. The van der Waals surface area contributed by atoms with Crippen molar-refractivity contribution in [3.8, 4) is 0 Å². The van der Waals surface area contributed by atoms with E-state index in [1.54, 1.807) is 0 Å². The normalized spacial score (nSPS) is 14.5. The van der Waals surface area contributed by atoms with Crippen molar-refractivity contribution in [1.82, 2.24) is 14.8 Å². The number of carbonyl (C=O) groups is 2. The van der Waals surface area contributed by atoms with Gasteiger partial charge in [0.05, 0.1) is 22.8 Å². The fourth-order valence-corrected chi connectivity index (χ4v) is 4.59. The Labute approximate surface area is 190 Å². The molecule has 6 nitrogen and oxygen atoms in total. The Bertz CT molecular complexity index is 1110. The van der Waals surface area contributed by atoms with Crippen molar-refractivity contribution in [1.29, 1.82) is 0 Å². The topological polar surface area (TPSA) is 65.5 Å². The fourth-order valence-electron chi connectivity index (χ4n) is 3.71. The molecule has 1 aliphatic rings. The maximum atomic E-state index is 13.0. The third-order valence-electron chi connectivity index (χ3n) is 5.46. The second-order valence-electron chi connectivity index (χ2n) is 7.80. The molecule has 0 spiro atoms. The molecule has 0 saturated carbocycles. The molecule has 1 saturated heterocycles. The molecule has 0 atom stereocenters. The number of hydrogen-bond donors (Lipinski definition) is 1. The van der Waals surface area contributed by atoms with E-state index in [0.29, 0.717) is 37.6 Å². The van der Waals surface area contributed by atoms with E-state index in [1.165, 1.54) is 36.0 Å². The van der Waals surface area contributed by atoms with E-state index in [9.17, 15) is 14.0 Å². The van der Waals surface area contributed by atoms with Crippen molar-refractivity contribution in [2.45, 2.75) is 11.9 Å². The molecule has 1 fully saturated rings. The predicted molar refractivity (Wildman–Crippen MR) is 125 cm³/mol. The second-order valence-corrected chi connectivity index (χ2v) is 8.79. The summed E-state index contributed by atoms with van der Waals surface area (Å²) in [6.07, 6.45) is 0. The molecule has 32 heavy (non-hydrogen) atoms. The van der Waals surface area contributed by atoms with Crippen LogP contribution < -0.4 is 5.32 Å². The molecule has 8 heteroatoms. The largest absolute Gasteiger partial charge is 0.339 e. The number of rotatable bonds is 6. The highest BCUT2D eigenvalue weighted by atomic mass is 32.2. The lowest BCUT2D eigenvalue weighted by molar-refractivity contribution is -0.130. The second kappa shape index (κ2) is 10.1. The number of piperazine rings is 1. The smallest absolute Gasteiger partial charge is 0.238 e. The number of benzene rings is 2. The number of amides is 2.